The van der Waals surface area contributed by atoms with Gasteiger partial charge in [0.15, 0.2) is 0 Å². The van der Waals surface area contributed by atoms with Gasteiger partial charge in [-0.25, -0.2) is 9.18 Å². The second-order valence-corrected chi connectivity index (χ2v) is 7.63. The molecule has 2 heterocycles. The number of fused-ring (bicyclic) bond motifs is 1. The maximum absolute atomic E-state index is 13.3. The number of halogens is 1. The van der Waals surface area contributed by atoms with E-state index in [0.29, 0.717) is 16.8 Å². The Kier molecular flexibility index (Phi) is 4.28. The van der Waals surface area contributed by atoms with Crippen molar-refractivity contribution >= 4 is 28.9 Å². The monoisotopic (exact) mass is 381 g/mol. The van der Waals surface area contributed by atoms with Gasteiger partial charge in [-0.2, -0.15) is 0 Å². The lowest BCUT2D eigenvalue weighted by atomic mass is 9.88. The molecular weight excluding hydrogens is 365 g/mol. The molecule has 27 heavy (non-hydrogen) atoms. The molecule has 0 spiro atoms. The molecular formula is C21H16FNO3S. The molecule has 4 nitrogen and oxygen atoms in total. The Bertz CT molecular complexity index is 1060. The predicted octanol–water partition coefficient (Wildman–Crippen LogP) is 5.03. The Balaban J connectivity index is 1.94. The van der Waals surface area contributed by atoms with Crippen LogP contribution in [0.15, 0.2) is 48.5 Å². The Morgan fingerprint density at radius 1 is 1.22 bits per heavy atom. The van der Waals surface area contributed by atoms with Gasteiger partial charge in [-0.1, -0.05) is 42.0 Å². The number of hydrogen-bond acceptors (Lipinski definition) is 3. The maximum atomic E-state index is 13.3. The Morgan fingerprint density at radius 2 is 1.96 bits per heavy atom. The van der Waals surface area contributed by atoms with Gasteiger partial charge in [-0.05, 0) is 30.2 Å². The summed E-state index contributed by atoms with van der Waals surface area (Å²) < 4.78 is 13.3. The molecule has 0 saturated carbocycles. The van der Waals surface area contributed by atoms with Gasteiger partial charge in [0.05, 0.1) is 5.69 Å². The van der Waals surface area contributed by atoms with E-state index in [-0.39, 0.29) is 23.1 Å². The van der Waals surface area contributed by atoms with Gasteiger partial charge >= 0.3 is 5.97 Å². The van der Waals surface area contributed by atoms with Crippen LogP contribution in [0.25, 0.3) is 11.1 Å². The Morgan fingerprint density at radius 3 is 2.63 bits per heavy atom. The highest BCUT2D eigenvalue weighted by Crippen LogP contribution is 2.49. The molecule has 2 N–H and O–H groups in total. The quantitative estimate of drug-likeness (QED) is 0.668. The highest BCUT2D eigenvalue weighted by atomic mass is 32.1. The van der Waals surface area contributed by atoms with Crippen LogP contribution >= 0.6 is 11.3 Å². The number of rotatable bonds is 3. The van der Waals surface area contributed by atoms with E-state index < -0.39 is 11.8 Å². The van der Waals surface area contributed by atoms with Crippen LogP contribution in [0.5, 0.6) is 0 Å². The normalized spacial score (nSPS) is 15.9. The van der Waals surface area contributed by atoms with Crippen LogP contribution in [0.2, 0.25) is 0 Å². The van der Waals surface area contributed by atoms with Gasteiger partial charge in [0, 0.05) is 22.8 Å². The van der Waals surface area contributed by atoms with E-state index >= 15 is 0 Å². The predicted molar refractivity (Wildman–Crippen MR) is 103 cm³/mol. The number of carboxylic acid groups (broad SMARTS) is 1. The minimum Gasteiger partial charge on any atom is -0.477 e. The maximum Gasteiger partial charge on any atom is 0.346 e. The summed E-state index contributed by atoms with van der Waals surface area (Å²) in [5.74, 6) is -1.83. The number of hydrogen-bond donors (Lipinski definition) is 2. The first-order chi connectivity index (χ1) is 12.9. The highest BCUT2D eigenvalue weighted by Gasteiger charge is 2.34. The third kappa shape index (κ3) is 3.13. The van der Waals surface area contributed by atoms with Crippen molar-refractivity contribution in [3.8, 4) is 11.1 Å². The summed E-state index contributed by atoms with van der Waals surface area (Å²) in [6, 6.07) is 13.5. The Labute approximate surface area is 159 Å². The summed E-state index contributed by atoms with van der Waals surface area (Å²) in [5.41, 5.74) is 3.58. The zero-order valence-corrected chi connectivity index (χ0v) is 15.3. The molecule has 0 bridgehead atoms. The van der Waals surface area contributed by atoms with Gasteiger partial charge in [0.1, 0.15) is 10.7 Å². The lowest BCUT2D eigenvalue weighted by Gasteiger charge is -2.24. The molecule has 4 rings (SSSR count). The van der Waals surface area contributed by atoms with E-state index in [2.05, 4.69) is 5.32 Å². The molecule has 136 valence electrons. The van der Waals surface area contributed by atoms with Crippen LogP contribution in [-0.4, -0.2) is 17.0 Å². The third-order valence-corrected chi connectivity index (χ3v) is 5.97. The average molecular weight is 381 g/mol. The number of aryl methyl sites for hydroxylation is 1. The van der Waals surface area contributed by atoms with Gasteiger partial charge in [0.2, 0.25) is 5.91 Å². The fourth-order valence-electron chi connectivity index (χ4n) is 3.49. The lowest BCUT2D eigenvalue weighted by molar-refractivity contribution is -0.116. The summed E-state index contributed by atoms with van der Waals surface area (Å²) in [4.78, 5) is 25.2. The molecule has 0 fully saturated rings. The second kappa shape index (κ2) is 6.63. The fourth-order valence-corrected chi connectivity index (χ4v) is 4.73. The molecule has 0 aliphatic carbocycles. The van der Waals surface area contributed by atoms with Crippen molar-refractivity contribution in [2.45, 2.75) is 19.3 Å². The minimum absolute atomic E-state index is 0.145. The topological polar surface area (TPSA) is 66.4 Å². The van der Waals surface area contributed by atoms with E-state index in [4.69, 9.17) is 0 Å². The second-order valence-electron chi connectivity index (χ2n) is 6.58. The van der Waals surface area contributed by atoms with Gasteiger partial charge in [-0.3, -0.25) is 4.79 Å². The standard InChI is InChI=1S/C21H16FNO3S/c1-11-3-2-4-13(9-11)15-10-16(24)23-18-17(12-5-7-14(22)8-6-12)20(21(25)26)27-19(15)18/h2-9,15H,10H2,1H3,(H,23,24)(H,25,26). The van der Waals surface area contributed by atoms with Crippen molar-refractivity contribution in [2.75, 3.05) is 5.32 Å². The largest absolute Gasteiger partial charge is 0.477 e. The van der Waals surface area contributed by atoms with Crippen LogP contribution < -0.4 is 5.32 Å². The smallest absolute Gasteiger partial charge is 0.346 e. The third-order valence-electron chi connectivity index (χ3n) is 4.68. The molecule has 1 aliphatic rings. The minimum atomic E-state index is -1.06. The number of carbonyl (C=O) groups is 2. The number of thiophene rings is 1. The molecule has 3 aromatic rings. The van der Waals surface area contributed by atoms with E-state index in [1.54, 1.807) is 0 Å². The first-order valence-corrected chi connectivity index (χ1v) is 9.28. The molecule has 0 saturated heterocycles. The van der Waals surface area contributed by atoms with Crippen molar-refractivity contribution < 1.29 is 19.1 Å². The average Bonchev–Trinajstić information content (AvgIpc) is 3.01. The fraction of sp³-hybridized carbons (Fsp3) is 0.143. The molecule has 2 aromatic carbocycles. The first kappa shape index (κ1) is 17.4. The van der Waals surface area contributed by atoms with Crippen LogP contribution in [0.3, 0.4) is 0 Å². The van der Waals surface area contributed by atoms with E-state index in [9.17, 15) is 19.1 Å². The summed E-state index contributed by atoms with van der Waals surface area (Å²) in [5, 5.41) is 12.6. The molecule has 6 heteroatoms. The number of carboxylic acids is 1. The number of nitrogens with one attached hydrogen (secondary N) is 1. The summed E-state index contributed by atoms with van der Waals surface area (Å²) >= 11 is 1.17. The molecule has 0 radical (unpaired) electrons. The molecule has 1 aliphatic heterocycles. The summed E-state index contributed by atoms with van der Waals surface area (Å²) in [6.45, 7) is 1.98. The molecule has 1 aromatic heterocycles. The first-order valence-electron chi connectivity index (χ1n) is 8.46. The summed E-state index contributed by atoms with van der Waals surface area (Å²) in [6.07, 6.45) is 0.263. The van der Waals surface area contributed by atoms with Crippen LogP contribution in [0.1, 0.15) is 38.0 Å². The SMILES string of the molecule is Cc1cccc(C2CC(=O)Nc3c2sc(C(=O)O)c3-c2ccc(F)cc2)c1. The zero-order valence-electron chi connectivity index (χ0n) is 14.5. The summed E-state index contributed by atoms with van der Waals surface area (Å²) in [7, 11) is 0. The molecule has 1 atom stereocenters. The number of amides is 1. The van der Waals surface area contributed by atoms with E-state index in [1.807, 2.05) is 31.2 Å². The van der Waals surface area contributed by atoms with Crippen molar-refractivity contribution in [2.24, 2.45) is 0 Å². The van der Waals surface area contributed by atoms with Gasteiger partial charge in [-0.15, -0.1) is 11.3 Å². The molecule has 1 unspecified atom stereocenters. The molecule has 1 amide bonds. The van der Waals surface area contributed by atoms with Gasteiger partial charge < -0.3 is 10.4 Å². The van der Waals surface area contributed by atoms with Crippen LogP contribution in [0, 0.1) is 12.7 Å². The van der Waals surface area contributed by atoms with Gasteiger partial charge in [0.25, 0.3) is 0 Å². The number of carbonyl (C=O) groups excluding carboxylic acids is 1. The van der Waals surface area contributed by atoms with Crippen LogP contribution in [0.4, 0.5) is 10.1 Å². The Hall–Kier alpha value is -2.99. The van der Waals surface area contributed by atoms with Crippen molar-refractivity contribution in [3.05, 3.63) is 75.2 Å². The van der Waals surface area contributed by atoms with E-state index in [0.717, 1.165) is 16.0 Å². The van der Waals surface area contributed by atoms with E-state index in [1.165, 1.54) is 35.6 Å². The highest BCUT2D eigenvalue weighted by molar-refractivity contribution is 7.15. The van der Waals surface area contributed by atoms with Crippen molar-refractivity contribution in [3.63, 3.8) is 0 Å². The van der Waals surface area contributed by atoms with Crippen molar-refractivity contribution in [1.29, 1.82) is 0 Å². The number of benzene rings is 2. The van der Waals surface area contributed by atoms with Crippen LogP contribution in [-0.2, 0) is 4.79 Å². The number of aromatic carboxylic acids is 1. The van der Waals surface area contributed by atoms with Crippen molar-refractivity contribution in [1.82, 2.24) is 0 Å². The number of anilines is 1. The lowest BCUT2D eigenvalue weighted by Crippen LogP contribution is -2.22. The zero-order chi connectivity index (χ0) is 19.1.